The number of methoxy groups -OCH3 is 1. The number of carbonyl (C=O) groups excluding carboxylic acids is 1. The quantitative estimate of drug-likeness (QED) is 0.213. The van der Waals surface area contributed by atoms with Gasteiger partial charge in [-0.15, -0.1) is 0 Å². The highest BCUT2D eigenvalue weighted by Crippen LogP contribution is 2.38. The van der Waals surface area contributed by atoms with E-state index in [-0.39, 0.29) is 66.2 Å². The van der Waals surface area contributed by atoms with E-state index in [2.05, 4.69) is 44.0 Å². The minimum absolute atomic E-state index is 0.0375. The maximum absolute atomic E-state index is 13.4. The van der Waals surface area contributed by atoms with Crippen molar-refractivity contribution in [3.63, 3.8) is 0 Å². The molecule has 254 valence electrons. The van der Waals surface area contributed by atoms with Gasteiger partial charge in [0, 0.05) is 57.3 Å². The Kier molecular flexibility index (Phi) is 10.2. The summed E-state index contributed by atoms with van der Waals surface area (Å²) < 4.78 is 61.6. The Morgan fingerprint density at radius 2 is 1.60 bits per heavy atom. The van der Waals surface area contributed by atoms with Gasteiger partial charge in [0.15, 0.2) is 12.4 Å². The Morgan fingerprint density at radius 3 is 2.21 bits per heavy atom. The number of halogens is 3. The standard InChI is InChI=1S/C35H38F3N5O5/c1-3-46-34-39-31(45-2)27(32(40-34)48-23-35(36,37)38)21-41-19-26-20-42(33(44)29-15-10-18-47-29)16-17-43(26)28(22-41)30(24-11-6-4-7-12-24)25-13-8-5-9-14-25/h4-15,18,26,28,30H,3,16-17,19-23H2,1-2H3/t26-,28+/m1/s1. The number of fused-ring (bicyclic) bond motifs is 1. The number of rotatable bonds is 11. The smallest absolute Gasteiger partial charge is 0.422 e. The Labute approximate surface area is 277 Å². The predicted octanol–water partition coefficient (Wildman–Crippen LogP) is 5.26. The molecule has 6 rings (SSSR count). The van der Waals surface area contributed by atoms with E-state index in [1.165, 1.54) is 13.4 Å². The number of hydrogen-bond acceptors (Lipinski definition) is 9. The van der Waals surface area contributed by atoms with Crippen molar-refractivity contribution in [2.75, 3.05) is 53.0 Å². The van der Waals surface area contributed by atoms with Crippen LogP contribution in [-0.4, -0.2) is 102 Å². The van der Waals surface area contributed by atoms with Crippen LogP contribution < -0.4 is 14.2 Å². The van der Waals surface area contributed by atoms with Gasteiger partial charge < -0.3 is 23.5 Å². The lowest BCUT2D eigenvalue weighted by Gasteiger charge is -2.53. The van der Waals surface area contributed by atoms with Crippen LogP contribution in [0.25, 0.3) is 0 Å². The molecule has 2 atom stereocenters. The van der Waals surface area contributed by atoms with Gasteiger partial charge in [0.1, 0.15) is 0 Å². The van der Waals surface area contributed by atoms with Crippen molar-refractivity contribution in [3.8, 4) is 17.8 Å². The first-order valence-corrected chi connectivity index (χ1v) is 15.9. The number of nitrogens with zero attached hydrogens (tertiary/aromatic N) is 5. The molecule has 0 radical (unpaired) electrons. The minimum atomic E-state index is -4.58. The number of piperazine rings is 2. The van der Waals surface area contributed by atoms with Crippen molar-refractivity contribution in [2.45, 2.75) is 37.6 Å². The number of aromatic nitrogens is 2. The number of amides is 1. The zero-order valence-electron chi connectivity index (χ0n) is 26.8. The molecule has 10 nitrogen and oxygen atoms in total. The third-order valence-electron chi connectivity index (χ3n) is 8.72. The van der Waals surface area contributed by atoms with Gasteiger partial charge in [-0.2, -0.15) is 23.1 Å². The lowest BCUT2D eigenvalue weighted by Crippen LogP contribution is -2.67. The van der Waals surface area contributed by atoms with E-state index < -0.39 is 12.8 Å². The molecule has 2 fully saturated rings. The highest BCUT2D eigenvalue weighted by atomic mass is 19.4. The number of hydrogen-bond donors (Lipinski definition) is 0. The summed E-state index contributed by atoms with van der Waals surface area (Å²) in [5.74, 6) is -0.111. The van der Waals surface area contributed by atoms with Gasteiger partial charge in [0.25, 0.3) is 5.91 Å². The second kappa shape index (κ2) is 14.7. The minimum Gasteiger partial charge on any atom is -0.481 e. The van der Waals surface area contributed by atoms with Crippen molar-refractivity contribution in [1.82, 2.24) is 24.7 Å². The van der Waals surface area contributed by atoms with E-state index in [4.69, 9.17) is 18.6 Å². The summed E-state index contributed by atoms with van der Waals surface area (Å²) in [5.41, 5.74) is 2.56. The van der Waals surface area contributed by atoms with E-state index in [9.17, 15) is 18.0 Å². The summed E-state index contributed by atoms with van der Waals surface area (Å²) in [7, 11) is 1.40. The molecule has 2 aromatic carbocycles. The van der Waals surface area contributed by atoms with Gasteiger partial charge in [0.2, 0.25) is 11.8 Å². The normalized spacial score (nSPS) is 18.8. The van der Waals surface area contributed by atoms with Gasteiger partial charge in [-0.25, -0.2) is 0 Å². The van der Waals surface area contributed by atoms with Gasteiger partial charge in [-0.3, -0.25) is 14.6 Å². The molecule has 48 heavy (non-hydrogen) atoms. The average Bonchev–Trinajstić information content (AvgIpc) is 3.64. The highest BCUT2D eigenvalue weighted by molar-refractivity contribution is 5.91. The predicted molar refractivity (Wildman–Crippen MR) is 170 cm³/mol. The van der Waals surface area contributed by atoms with E-state index in [0.717, 1.165) is 11.1 Å². The van der Waals surface area contributed by atoms with Crippen molar-refractivity contribution in [2.24, 2.45) is 0 Å². The van der Waals surface area contributed by atoms with Crippen LogP contribution in [0.2, 0.25) is 0 Å². The Hall–Kier alpha value is -4.62. The van der Waals surface area contributed by atoms with Gasteiger partial charge in [-0.1, -0.05) is 60.7 Å². The third kappa shape index (κ3) is 7.57. The molecule has 0 unspecified atom stereocenters. The molecule has 0 bridgehead atoms. The van der Waals surface area contributed by atoms with Gasteiger partial charge >= 0.3 is 12.2 Å². The Morgan fingerprint density at radius 1 is 0.917 bits per heavy atom. The van der Waals surface area contributed by atoms with E-state index >= 15 is 0 Å². The fraction of sp³-hybridized carbons (Fsp3) is 0.400. The number of alkyl halides is 3. The molecule has 0 N–H and O–H groups in total. The van der Waals surface area contributed by atoms with Crippen LogP contribution in [0.15, 0.2) is 83.5 Å². The van der Waals surface area contributed by atoms with Crippen LogP contribution in [0, 0.1) is 0 Å². The first-order valence-electron chi connectivity index (χ1n) is 15.9. The van der Waals surface area contributed by atoms with Gasteiger partial charge in [-0.05, 0) is 30.2 Å². The van der Waals surface area contributed by atoms with Crippen LogP contribution in [-0.2, 0) is 6.54 Å². The maximum Gasteiger partial charge on any atom is 0.422 e. The van der Waals surface area contributed by atoms with Crippen molar-refractivity contribution < 1.29 is 36.6 Å². The fourth-order valence-corrected chi connectivity index (χ4v) is 6.75. The Balaban J connectivity index is 1.38. The summed E-state index contributed by atoms with van der Waals surface area (Å²) in [6.45, 7) is 3.23. The largest absolute Gasteiger partial charge is 0.481 e. The van der Waals surface area contributed by atoms with E-state index in [1.54, 1.807) is 24.0 Å². The SMILES string of the molecule is CCOc1nc(OC)c(CN2C[C@@H]3CN(C(=O)c4ccco4)CCN3[C@H](C(c3ccccc3)c3ccccc3)C2)c(OCC(F)(F)F)n1. The molecule has 0 aliphatic carbocycles. The maximum atomic E-state index is 13.4. The molecule has 0 saturated carbocycles. The molecular weight excluding hydrogens is 627 g/mol. The lowest BCUT2D eigenvalue weighted by molar-refractivity contribution is -0.154. The zero-order valence-corrected chi connectivity index (χ0v) is 26.8. The van der Waals surface area contributed by atoms with Crippen molar-refractivity contribution in [1.29, 1.82) is 0 Å². The summed E-state index contributed by atoms with van der Waals surface area (Å²) in [5, 5.41) is 0. The lowest BCUT2D eigenvalue weighted by atomic mass is 9.81. The summed E-state index contributed by atoms with van der Waals surface area (Å²) in [6.07, 6.45) is -3.10. The molecule has 0 spiro atoms. The second-order valence-electron chi connectivity index (χ2n) is 11.8. The third-order valence-corrected chi connectivity index (χ3v) is 8.72. The van der Waals surface area contributed by atoms with E-state index in [0.29, 0.717) is 32.7 Å². The number of ether oxygens (including phenoxy) is 3. The summed E-state index contributed by atoms with van der Waals surface area (Å²) >= 11 is 0. The van der Waals surface area contributed by atoms with Crippen LogP contribution in [0.5, 0.6) is 17.8 Å². The highest BCUT2D eigenvalue weighted by Gasteiger charge is 2.44. The molecule has 4 heterocycles. The van der Waals surface area contributed by atoms with Crippen LogP contribution >= 0.6 is 0 Å². The Bertz CT molecular complexity index is 1600. The van der Waals surface area contributed by atoms with Crippen molar-refractivity contribution >= 4 is 5.91 Å². The molecule has 13 heteroatoms. The molecule has 4 aromatic rings. The van der Waals surface area contributed by atoms with Crippen LogP contribution in [0.1, 0.15) is 40.1 Å². The monoisotopic (exact) mass is 665 g/mol. The molecule has 1 amide bonds. The summed E-state index contributed by atoms with van der Waals surface area (Å²) in [4.78, 5) is 28.3. The first-order chi connectivity index (χ1) is 23.2. The van der Waals surface area contributed by atoms with Crippen LogP contribution in [0.4, 0.5) is 13.2 Å². The first kappa shape index (κ1) is 33.3. The topological polar surface area (TPSA) is 93.4 Å². The van der Waals surface area contributed by atoms with E-state index in [1.807, 2.05) is 36.4 Å². The summed E-state index contributed by atoms with van der Waals surface area (Å²) in [6, 6.07) is 23.6. The molecule has 2 aromatic heterocycles. The number of carbonyl (C=O) groups is 1. The zero-order chi connectivity index (χ0) is 33.7. The number of furan rings is 1. The molecule has 2 aliphatic rings. The van der Waals surface area contributed by atoms with Crippen molar-refractivity contribution in [3.05, 3.63) is 102 Å². The van der Waals surface area contributed by atoms with Crippen LogP contribution in [0.3, 0.4) is 0 Å². The molecular formula is C35H38F3N5O5. The molecule has 2 aliphatic heterocycles. The van der Waals surface area contributed by atoms with Gasteiger partial charge in [0.05, 0.1) is 25.5 Å². The fourth-order valence-electron chi connectivity index (χ4n) is 6.75. The molecule has 2 saturated heterocycles. The average molecular weight is 666 g/mol. The number of benzene rings is 2. The second-order valence-corrected chi connectivity index (χ2v) is 11.8.